The lowest BCUT2D eigenvalue weighted by Gasteiger charge is -2.11. The molecule has 0 atom stereocenters. The van der Waals surface area contributed by atoms with Gasteiger partial charge in [0.1, 0.15) is 17.3 Å². The third-order valence-electron chi connectivity index (χ3n) is 4.00. The van der Waals surface area contributed by atoms with Crippen molar-refractivity contribution in [2.24, 2.45) is 0 Å². The van der Waals surface area contributed by atoms with Gasteiger partial charge in [-0.15, -0.1) is 0 Å². The Morgan fingerprint density at radius 3 is 2.41 bits per heavy atom. The maximum atomic E-state index is 13.6. The van der Waals surface area contributed by atoms with Gasteiger partial charge >= 0.3 is 0 Å². The molecule has 2 aromatic rings. The highest BCUT2D eigenvalue weighted by Crippen LogP contribution is 2.39. The summed E-state index contributed by atoms with van der Waals surface area (Å²) in [6.07, 6.45) is 0.199. The first-order chi connectivity index (χ1) is 13.0. The van der Waals surface area contributed by atoms with Crippen molar-refractivity contribution in [2.45, 2.75) is 19.3 Å². The minimum absolute atomic E-state index is 0.0664. The van der Waals surface area contributed by atoms with E-state index in [2.05, 4.69) is 5.32 Å². The van der Waals surface area contributed by atoms with Crippen LogP contribution in [0.5, 0.6) is 11.5 Å². The summed E-state index contributed by atoms with van der Waals surface area (Å²) in [5.41, 5.74) is -0.631. The number of fused-ring (bicyclic) bond motifs is 1. The van der Waals surface area contributed by atoms with E-state index in [0.717, 1.165) is 12.1 Å². The topological polar surface area (TPSA) is 90.7 Å². The molecule has 1 amide bonds. The number of rotatable bonds is 5. The number of nitro groups is 1. The number of nitrogens with zero attached hydrogens (tertiary/aromatic N) is 1. The number of anilines is 1. The summed E-state index contributed by atoms with van der Waals surface area (Å²) in [6, 6.07) is 5.94. The molecular weight excluding hydrogens is 362 g/mol. The third kappa shape index (κ3) is 4.30. The number of benzene rings is 2. The normalized spacial score (nSPS) is 13.0. The smallest absolute Gasteiger partial charge is 0.296 e. The second-order valence-corrected chi connectivity index (χ2v) is 5.87. The Labute approximate surface area is 153 Å². The number of nitrogens with one attached hydrogen (secondary N) is 1. The molecule has 0 unspecified atom stereocenters. The monoisotopic (exact) mass is 378 g/mol. The summed E-state index contributed by atoms with van der Waals surface area (Å²) in [4.78, 5) is 22.8. The number of hydrogen-bond donors (Lipinski definition) is 1. The molecule has 0 saturated heterocycles. The molecule has 27 heavy (non-hydrogen) atoms. The van der Waals surface area contributed by atoms with Gasteiger partial charge in [0, 0.05) is 24.5 Å². The van der Waals surface area contributed by atoms with E-state index in [0.29, 0.717) is 19.6 Å². The summed E-state index contributed by atoms with van der Waals surface area (Å²) in [5, 5.41) is 13.7. The Hall–Kier alpha value is -3.23. The molecule has 2 aromatic carbocycles. The molecule has 3 rings (SSSR count). The zero-order chi connectivity index (χ0) is 19.4. The molecule has 1 N–H and O–H groups in total. The minimum atomic E-state index is -0.746. The lowest BCUT2D eigenvalue weighted by Crippen LogP contribution is -2.14. The molecule has 0 spiro atoms. The summed E-state index contributed by atoms with van der Waals surface area (Å²) >= 11 is 0. The van der Waals surface area contributed by atoms with Crippen LogP contribution in [0.2, 0.25) is 0 Å². The quantitative estimate of drug-likeness (QED) is 0.634. The largest absolute Gasteiger partial charge is 0.489 e. The number of carbonyl (C=O) groups is 1. The average Bonchev–Trinajstić information content (AvgIpc) is 2.85. The van der Waals surface area contributed by atoms with Crippen LogP contribution in [0, 0.1) is 21.7 Å². The third-order valence-corrected chi connectivity index (χ3v) is 4.00. The first-order valence-electron chi connectivity index (χ1n) is 8.26. The van der Waals surface area contributed by atoms with Crippen LogP contribution >= 0.6 is 0 Å². The first-order valence-corrected chi connectivity index (χ1v) is 8.26. The summed E-state index contributed by atoms with van der Waals surface area (Å²) < 4.78 is 38.1. The summed E-state index contributed by atoms with van der Waals surface area (Å²) in [5.74, 6) is -1.59. The molecule has 0 radical (unpaired) electrons. The van der Waals surface area contributed by atoms with Gasteiger partial charge in [0.15, 0.2) is 11.5 Å². The highest BCUT2D eigenvalue weighted by Gasteiger charge is 2.23. The number of amides is 1. The molecule has 142 valence electrons. The predicted molar refractivity (Wildman–Crippen MR) is 92.0 cm³/mol. The minimum Gasteiger partial charge on any atom is -0.489 e. The second-order valence-electron chi connectivity index (χ2n) is 5.87. The fourth-order valence-electron chi connectivity index (χ4n) is 2.67. The van der Waals surface area contributed by atoms with Gasteiger partial charge in [-0.1, -0.05) is 6.07 Å². The van der Waals surface area contributed by atoms with E-state index in [-0.39, 0.29) is 41.3 Å². The lowest BCUT2D eigenvalue weighted by molar-refractivity contribution is -0.384. The van der Waals surface area contributed by atoms with Crippen molar-refractivity contribution >= 4 is 17.3 Å². The zero-order valence-electron chi connectivity index (χ0n) is 14.2. The van der Waals surface area contributed by atoms with Gasteiger partial charge in [-0.05, 0) is 18.6 Å². The fraction of sp³-hybridized carbons (Fsp3) is 0.278. The number of hydrogen-bond acceptors (Lipinski definition) is 5. The van der Waals surface area contributed by atoms with Crippen molar-refractivity contribution in [3.63, 3.8) is 0 Å². The molecule has 1 aliphatic rings. The predicted octanol–water partition coefficient (Wildman–Crippen LogP) is 3.61. The van der Waals surface area contributed by atoms with Crippen LogP contribution in [0.15, 0.2) is 30.3 Å². The number of halogens is 2. The molecular formula is C18H16F2N2O5. The van der Waals surface area contributed by atoms with Crippen LogP contribution in [0.4, 0.5) is 20.2 Å². The van der Waals surface area contributed by atoms with Gasteiger partial charge in [0.2, 0.25) is 5.91 Å². The maximum Gasteiger partial charge on any atom is 0.296 e. The van der Waals surface area contributed by atoms with Crippen LogP contribution in [-0.4, -0.2) is 24.0 Å². The molecule has 0 aromatic heterocycles. The molecule has 0 aliphatic carbocycles. The molecule has 0 saturated carbocycles. The van der Waals surface area contributed by atoms with Crippen LogP contribution in [-0.2, 0) is 11.2 Å². The van der Waals surface area contributed by atoms with E-state index in [4.69, 9.17) is 9.47 Å². The van der Waals surface area contributed by atoms with E-state index in [1.165, 1.54) is 18.2 Å². The van der Waals surface area contributed by atoms with Crippen molar-refractivity contribution in [2.75, 3.05) is 18.5 Å². The Kier molecular flexibility index (Phi) is 5.49. The van der Waals surface area contributed by atoms with E-state index in [9.17, 15) is 23.7 Å². The van der Waals surface area contributed by atoms with Crippen molar-refractivity contribution < 1.29 is 28.0 Å². The van der Waals surface area contributed by atoms with E-state index < -0.39 is 22.5 Å². The summed E-state index contributed by atoms with van der Waals surface area (Å²) in [7, 11) is 0. The molecule has 7 nitrogen and oxygen atoms in total. The van der Waals surface area contributed by atoms with Crippen LogP contribution in [0.25, 0.3) is 0 Å². The standard InChI is InChI=1S/C18H16F2N2O5/c19-12-3-1-4-13(20)11(12)5-6-18(23)21-14-9-16-17(10-15(14)22(24)25)27-8-2-7-26-16/h1,3-4,9-10H,2,5-8H2,(H,21,23). The van der Waals surface area contributed by atoms with Crippen LogP contribution < -0.4 is 14.8 Å². The maximum absolute atomic E-state index is 13.6. The van der Waals surface area contributed by atoms with Gasteiger partial charge in [-0.3, -0.25) is 14.9 Å². The van der Waals surface area contributed by atoms with E-state index in [1.807, 2.05) is 0 Å². The van der Waals surface area contributed by atoms with Crippen LogP contribution in [0.1, 0.15) is 18.4 Å². The first kappa shape index (κ1) is 18.6. The van der Waals surface area contributed by atoms with Crippen molar-refractivity contribution in [3.05, 3.63) is 57.6 Å². The van der Waals surface area contributed by atoms with Gasteiger partial charge in [-0.2, -0.15) is 0 Å². The molecule has 0 fully saturated rings. The molecule has 0 bridgehead atoms. The zero-order valence-corrected chi connectivity index (χ0v) is 14.2. The number of carbonyl (C=O) groups excluding carboxylic acids is 1. The van der Waals surface area contributed by atoms with Gasteiger partial charge in [0.25, 0.3) is 5.69 Å². The average molecular weight is 378 g/mol. The Bertz CT molecular complexity index is 868. The molecule has 1 heterocycles. The fourth-order valence-corrected chi connectivity index (χ4v) is 2.67. The lowest BCUT2D eigenvalue weighted by atomic mass is 10.1. The summed E-state index contributed by atoms with van der Waals surface area (Å²) in [6.45, 7) is 0.745. The van der Waals surface area contributed by atoms with E-state index in [1.54, 1.807) is 0 Å². The van der Waals surface area contributed by atoms with E-state index >= 15 is 0 Å². The molecule has 1 aliphatic heterocycles. The van der Waals surface area contributed by atoms with Crippen LogP contribution in [0.3, 0.4) is 0 Å². The second kappa shape index (κ2) is 7.98. The Morgan fingerprint density at radius 1 is 1.15 bits per heavy atom. The SMILES string of the molecule is O=C(CCc1c(F)cccc1F)Nc1cc2c(cc1[N+](=O)[O-])OCCCO2. The van der Waals surface area contributed by atoms with Crippen molar-refractivity contribution in [1.29, 1.82) is 0 Å². The highest BCUT2D eigenvalue weighted by atomic mass is 19.1. The molecule has 9 heteroatoms. The van der Waals surface area contributed by atoms with Crippen molar-refractivity contribution in [3.8, 4) is 11.5 Å². The van der Waals surface area contributed by atoms with Gasteiger partial charge in [0.05, 0.1) is 24.2 Å². The number of ether oxygens (including phenoxy) is 2. The Morgan fingerprint density at radius 2 is 1.78 bits per heavy atom. The van der Waals surface area contributed by atoms with Crippen molar-refractivity contribution in [1.82, 2.24) is 0 Å². The van der Waals surface area contributed by atoms with Gasteiger partial charge in [-0.25, -0.2) is 8.78 Å². The number of nitro benzene ring substituents is 1. The Balaban J connectivity index is 1.77. The highest BCUT2D eigenvalue weighted by molar-refractivity contribution is 5.94. The van der Waals surface area contributed by atoms with Gasteiger partial charge < -0.3 is 14.8 Å².